The minimum Gasteiger partial charge on any atom is -0.507 e. The van der Waals surface area contributed by atoms with Crippen molar-refractivity contribution in [1.82, 2.24) is 0 Å². The van der Waals surface area contributed by atoms with Crippen LogP contribution in [0.5, 0.6) is 17.2 Å². The first kappa shape index (κ1) is 16.7. The quantitative estimate of drug-likeness (QED) is 0.183. The van der Waals surface area contributed by atoms with E-state index in [-0.39, 0.29) is 17.1 Å². The van der Waals surface area contributed by atoms with Gasteiger partial charge in [0, 0.05) is 11.5 Å². The second kappa shape index (κ2) is 6.41. The molecule has 0 spiro atoms. The predicted octanol–water partition coefficient (Wildman–Crippen LogP) is 4.14. The normalized spacial score (nSPS) is 10.6. The Balaban J connectivity index is 2.18. The number of benzene rings is 3. The summed E-state index contributed by atoms with van der Waals surface area (Å²) in [4.78, 5) is 1.93. The third kappa shape index (κ3) is 2.99. The van der Waals surface area contributed by atoms with E-state index in [9.17, 15) is 15.3 Å². The summed E-state index contributed by atoms with van der Waals surface area (Å²) >= 11 is 5.33. The van der Waals surface area contributed by atoms with Gasteiger partial charge in [0.15, 0.2) is 11.5 Å². The third-order valence-electron chi connectivity index (χ3n) is 3.89. The van der Waals surface area contributed by atoms with Gasteiger partial charge in [-0.05, 0) is 24.4 Å². The SMILES string of the molecule is CC(=S)N(C(=N)c1cc(O)c(O)cc1O)c1cccc2ccccc12. The van der Waals surface area contributed by atoms with Gasteiger partial charge in [0.25, 0.3) is 0 Å². The summed E-state index contributed by atoms with van der Waals surface area (Å²) in [5, 5.41) is 39.7. The number of anilines is 1. The zero-order chi connectivity index (χ0) is 18.1. The molecule has 5 nitrogen and oxygen atoms in total. The molecule has 0 atom stereocenters. The van der Waals surface area contributed by atoms with Gasteiger partial charge in [0.2, 0.25) is 0 Å². The molecule has 0 aliphatic rings. The van der Waals surface area contributed by atoms with E-state index in [0.29, 0.717) is 10.7 Å². The van der Waals surface area contributed by atoms with E-state index in [1.807, 2.05) is 42.5 Å². The van der Waals surface area contributed by atoms with Crippen LogP contribution in [0.2, 0.25) is 0 Å². The van der Waals surface area contributed by atoms with E-state index in [0.717, 1.165) is 22.9 Å². The lowest BCUT2D eigenvalue weighted by molar-refractivity contribution is 0.396. The highest BCUT2D eigenvalue weighted by Crippen LogP contribution is 2.35. The molecule has 0 amide bonds. The number of hydrogen-bond donors (Lipinski definition) is 4. The minimum atomic E-state index is -0.454. The number of thiocarbonyl (C=S) groups is 1. The second-order valence-electron chi connectivity index (χ2n) is 5.56. The zero-order valence-electron chi connectivity index (χ0n) is 13.4. The molecule has 0 unspecified atom stereocenters. The fraction of sp³-hybridized carbons (Fsp3) is 0.0526. The Morgan fingerprint density at radius 3 is 2.28 bits per heavy atom. The number of amidine groups is 1. The molecule has 0 aliphatic heterocycles. The molecule has 0 bridgehead atoms. The van der Waals surface area contributed by atoms with Crippen molar-refractivity contribution in [3.05, 3.63) is 60.2 Å². The van der Waals surface area contributed by atoms with E-state index in [1.165, 1.54) is 4.90 Å². The van der Waals surface area contributed by atoms with Crippen LogP contribution >= 0.6 is 12.2 Å². The molecule has 4 N–H and O–H groups in total. The van der Waals surface area contributed by atoms with Gasteiger partial charge in [-0.3, -0.25) is 10.3 Å². The van der Waals surface area contributed by atoms with Gasteiger partial charge >= 0.3 is 0 Å². The number of phenols is 3. The van der Waals surface area contributed by atoms with Crippen LogP contribution in [-0.4, -0.2) is 26.1 Å². The van der Waals surface area contributed by atoms with Crippen LogP contribution in [0.25, 0.3) is 10.8 Å². The molecule has 0 aliphatic carbocycles. The first-order valence-corrected chi connectivity index (χ1v) is 7.93. The van der Waals surface area contributed by atoms with Crippen molar-refractivity contribution >= 4 is 39.5 Å². The topological polar surface area (TPSA) is 87.8 Å². The Labute approximate surface area is 149 Å². The Hall–Kier alpha value is -3.12. The molecule has 25 heavy (non-hydrogen) atoms. The average molecular weight is 352 g/mol. The molecule has 126 valence electrons. The summed E-state index contributed by atoms with van der Waals surface area (Å²) in [6.45, 7) is 1.68. The van der Waals surface area contributed by atoms with Gasteiger partial charge in [0.05, 0.1) is 16.2 Å². The van der Waals surface area contributed by atoms with Crippen LogP contribution in [0.3, 0.4) is 0 Å². The lowest BCUT2D eigenvalue weighted by Crippen LogP contribution is -2.34. The van der Waals surface area contributed by atoms with Crippen LogP contribution in [0.4, 0.5) is 5.69 Å². The van der Waals surface area contributed by atoms with Crippen molar-refractivity contribution in [3.8, 4) is 17.2 Å². The molecule has 3 aromatic carbocycles. The van der Waals surface area contributed by atoms with Crippen molar-refractivity contribution in [2.45, 2.75) is 6.92 Å². The lowest BCUT2D eigenvalue weighted by atomic mass is 10.1. The summed E-state index contributed by atoms with van der Waals surface area (Å²) in [6, 6.07) is 15.5. The van der Waals surface area contributed by atoms with Crippen molar-refractivity contribution in [2.24, 2.45) is 0 Å². The Kier molecular flexibility index (Phi) is 4.29. The molecular weight excluding hydrogens is 336 g/mol. The maximum atomic E-state index is 10.1. The summed E-state index contributed by atoms with van der Waals surface area (Å²) in [5.41, 5.74) is 0.759. The maximum absolute atomic E-state index is 10.1. The molecule has 0 saturated carbocycles. The highest BCUT2D eigenvalue weighted by Gasteiger charge is 2.22. The Bertz CT molecular complexity index is 996. The van der Waals surface area contributed by atoms with Gasteiger partial charge in [-0.15, -0.1) is 0 Å². The number of phenolic OH excluding ortho intramolecular Hbond substituents is 3. The fourth-order valence-electron chi connectivity index (χ4n) is 2.73. The molecule has 3 aromatic rings. The van der Waals surface area contributed by atoms with E-state index in [1.54, 1.807) is 6.92 Å². The van der Waals surface area contributed by atoms with Crippen molar-refractivity contribution in [1.29, 1.82) is 5.41 Å². The van der Waals surface area contributed by atoms with Crippen molar-refractivity contribution in [2.75, 3.05) is 4.90 Å². The molecule has 0 heterocycles. The summed E-state index contributed by atoms with van der Waals surface area (Å²) in [5.74, 6) is -1.29. The molecule has 3 rings (SSSR count). The fourth-order valence-corrected chi connectivity index (χ4v) is 2.92. The third-order valence-corrected chi connectivity index (χ3v) is 4.08. The van der Waals surface area contributed by atoms with Crippen LogP contribution in [0, 0.1) is 5.41 Å². The van der Waals surface area contributed by atoms with E-state index >= 15 is 0 Å². The summed E-state index contributed by atoms with van der Waals surface area (Å²) in [6.07, 6.45) is 0. The highest BCUT2D eigenvalue weighted by molar-refractivity contribution is 7.80. The predicted molar refractivity (Wildman–Crippen MR) is 103 cm³/mol. The molecular formula is C19H16N2O3S. The molecule has 0 aromatic heterocycles. The van der Waals surface area contributed by atoms with E-state index in [4.69, 9.17) is 17.6 Å². The van der Waals surface area contributed by atoms with Crippen molar-refractivity contribution < 1.29 is 15.3 Å². The standard InChI is InChI=1S/C19H16N2O3S/c1-11(25)21(15-8-4-6-12-5-2-3-7-13(12)15)19(20)14-9-17(23)18(24)10-16(14)22/h2-10,20,22-24H,1H3. The summed E-state index contributed by atoms with van der Waals surface area (Å²) < 4.78 is 0. The van der Waals surface area contributed by atoms with Crippen molar-refractivity contribution in [3.63, 3.8) is 0 Å². The average Bonchev–Trinajstić information content (AvgIpc) is 2.58. The van der Waals surface area contributed by atoms with Gasteiger partial charge < -0.3 is 15.3 Å². The summed E-state index contributed by atoms with van der Waals surface area (Å²) in [7, 11) is 0. The van der Waals surface area contributed by atoms with Crippen LogP contribution in [-0.2, 0) is 0 Å². The Morgan fingerprint density at radius 2 is 1.56 bits per heavy atom. The lowest BCUT2D eigenvalue weighted by Gasteiger charge is -2.26. The first-order chi connectivity index (χ1) is 11.9. The maximum Gasteiger partial charge on any atom is 0.161 e. The molecule has 0 saturated heterocycles. The Morgan fingerprint density at radius 1 is 0.920 bits per heavy atom. The van der Waals surface area contributed by atoms with E-state index in [2.05, 4.69) is 0 Å². The second-order valence-corrected chi connectivity index (χ2v) is 6.15. The minimum absolute atomic E-state index is 0.0624. The van der Waals surface area contributed by atoms with Crippen LogP contribution in [0.15, 0.2) is 54.6 Å². The van der Waals surface area contributed by atoms with Gasteiger partial charge in [0.1, 0.15) is 11.6 Å². The van der Waals surface area contributed by atoms with Gasteiger partial charge in [-0.1, -0.05) is 48.6 Å². The molecule has 0 fully saturated rings. The molecule has 0 radical (unpaired) electrons. The van der Waals surface area contributed by atoms with Gasteiger partial charge in [-0.25, -0.2) is 0 Å². The highest BCUT2D eigenvalue weighted by atomic mass is 32.1. The monoisotopic (exact) mass is 352 g/mol. The number of nitrogens with zero attached hydrogens (tertiary/aromatic N) is 1. The van der Waals surface area contributed by atoms with E-state index < -0.39 is 11.5 Å². The number of hydrogen-bond acceptors (Lipinski definition) is 5. The molecule has 6 heteroatoms. The largest absolute Gasteiger partial charge is 0.507 e. The van der Waals surface area contributed by atoms with Crippen LogP contribution < -0.4 is 4.90 Å². The van der Waals surface area contributed by atoms with Gasteiger partial charge in [-0.2, -0.15) is 0 Å². The first-order valence-electron chi connectivity index (χ1n) is 7.52. The number of aromatic hydroxyl groups is 3. The number of fused-ring (bicyclic) bond motifs is 1. The number of nitrogens with one attached hydrogen (secondary N) is 1. The number of rotatable bonds is 2. The zero-order valence-corrected chi connectivity index (χ0v) is 14.2. The smallest absolute Gasteiger partial charge is 0.161 e. The van der Waals surface area contributed by atoms with Crippen LogP contribution in [0.1, 0.15) is 12.5 Å².